The highest BCUT2D eigenvalue weighted by Crippen LogP contribution is 2.43. The van der Waals surface area contributed by atoms with Gasteiger partial charge in [0, 0.05) is 5.39 Å². The summed E-state index contributed by atoms with van der Waals surface area (Å²) in [7, 11) is 0. The number of nitrogens with zero attached hydrogens (tertiary/aromatic N) is 3. The normalized spacial score (nSPS) is 9.76. The van der Waals surface area contributed by atoms with Gasteiger partial charge in [0.05, 0.1) is 16.9 Å². The van der Waals surface area contributed by atoms with Crippen molar-refractivity contribution in [1.82, 2.24) is 0 Å². The molecule has 0 amide bonds. The van der Waals surface area contributed by atoms with Gasteiger partial charge < -0.3 is 5.11 Å². The van der Waals surface area contributed by atoms with Crippen LogP contribution < -0.4 is 0 Å². The first-order valence-corrected chi connectivity index (χ1v) is 7.62. The third-order valence-electron chi connectivity index (χ3n) is 2.70. The SMILES string of the molecule is C.C.C=NCN=Nc1c(SOOO)cc2ccc(C)cc2c1O.CC. The number of hydrogen-bond acceptors (Lipinski definition) is 8. The summed E-state index contributed by atoms with van der Waals surface area (Å²) in [5.74, 6) is -0.0342. The fourth-order valence-electron chi connectivity index (χ4n) is 1.81. The Hall–Kier alpha value is -2.00. The Bertz CT molecular complexity index is 693. The number of aromatic hydroxyl groups is 1. The summed E-state index contributed by atoms with van der Waals surface area (Å²) >= 11 is 0.706. The van der Waals surface area contributed by atoms with Crippen molar-refractivity contribution in [1.29, 1.82) is 0 Å². The minimum absolute atomic E-state index is 0. The van der Waals surface area contributed by atoms with Crippen LogP contribution in [0.1, 0.15) is 34.3 Å². The van der Waals surface area contributed by atoms with Gasteiger partial charge in [0.2, 0.25) is 0 Å². The molecule has 0 saturated carbocycles. The van der Waals surface area contributed by atoms with Crippen LogP contribution in [0.3, 0.4) is 0 Å². The molecule has 0 aromatic heterocycles. The van der Waals surface area contributed by atoms with Crippen molar-refractivity contribution in [2.75, 3.05) is 6.67 Å². The molecule has 140 valence electrons. The maximum atomic E-state index is 10.4. The molecule has 0 aliphatic heterocycles. The first-order valence-electron chi connectivity index (χ1n) is 6.88. The zero-order valence-corrected chi connectivity index (χ0v) is 14.0. The Morgan fingerprint density at radius 3 is 2.48 bits per heavy atom. The highest BCUT2D eigenvalue weighted by atomic mass is 32.2. The Morgan fingerprint density at radius 1 is 1.20 bits per heavy atom. The second kappa shape index (κ2) is 13.3. The van der Waals surface area contributed by atoms with Crippen LogP contribution in [0.25, 0.3) is 10.8 Å². The number of aliphatic imine (C=N–C) groups is 1. The van der Waals surface area contributed by atoms with Crippen LogP contribution in [0, 0.1) is 6.92 Å². The summed E-state index contributed by atoms with van der Waals surface area (Å²) in [6, 6.07) is 7.37. The summed E-state index contributed by atoms with van der Waals surface area (Å²) in [5.41, 5.74) is 1.21. The van der Waals surface area contributed by atoms with Gasteiger partial charge in [0.25, 0.3) is 0 Å². The second-order valence-electron chi connectivity index (χ2n) is 4.13. The summed E-state index contributed by atoms with van der Waals surface area (Å²) in [4.78, 5) is 3.99. The summed E-state index contributed by atoms with van der Waals surface area (Å²) in [5, 5.41) is 31.4. The maximum Gasteiger partial charge on any atom is 0.152 e. The fraction of sp³-hybridized carbons (Fsp3) is 0.353. The quantitative estimate of drug-likeness (QED) is 0.204. The lowest BCUT2D eigenvalue weighted by molar-refractivity contribution is -0.432. The molecule has 0 spiro atoms. The molecular weight excluding hydrogens is 342 g/mol. The van der Waals surface area contributed by atoms with E-state index in [0.717, 1.165) is 10.9 Å². The molecule has 0 saturated heterocycles. The number of phenols is 1. The molecule has 2 aromatic carbocycles. The van der Waals surface area contributed by atoms with Gasteiger partial charge in [0.1, 0.15) is 12.4 Å². The van der Waals surface area contributed by atoms with E-state index in [-0.39, 0.29) is 33.0 Å². The Morgan fingerprint density at radius 2 is 1.88 bits per heavy atom. The number of fused-ring (bicyclic) bond motifs is 1. The van der Waals surface area contributed by atoms with Gasteiger partial charge in [-0.25, -0.2) is 5.26 Å². The van der Waals surface area contributed by atoms with Gasteiger partial charge >= 0.3 is 0 Å². The third-order valence-corrected chi connectivity index (χ3v) is 3.32. The van der Waals surface area contributed by atoms with Crippen LogP contribution in [-0.2, 0) is 9.37 Å². The zero-order chi connectivity index (χ0) is 17.2. The predicted molar refractivity (Wildman–Crippen MR) is 105 cm³/mol. The van der Waals surface area contributed by atoms with Crippen LogP contribution in [0.4, 0.5) is 5.69 Å². The van der Waals surface area contributed by atoms with Gasteiger partial charge in [-0.05, 0) is 31.2 Å². The minimum atomic E-state index is -0.0342. The van der Waals surface area contributed by atoms with Crippen molar-refractivity contribution in [3.05, 3.63) is 29.8 Å². The van der Waals surface area contributed by atoms with Gasteiger partial charge in [-0.3, -0.25) is 4.99 Å². The molecular formula is C17H27N3O4S. The molecule has 2 N–H and O–H groups in total. The van der Waals surface area contributed by atoms with Crippen molar-refractivity contribution in [2.24, 2.45) is 15.2 Å². The zero-order valence-electron chi connectivity index (χ0n) is 13.2. The molecule has 0 fully saturated rings. The van der Waals surface area contributed by atoms with Gasteiger partial charge in [0.15, 0.2) is 5.75 Å². The highest BCUT2D eigenvalue weighted by Gasteiger charge is 2.14. The van der Waals surface area contributed by atoms with E-state index in [0.29, 0.717) is 22.3 Å². The number of hydrogen-bond donors (Lipinski definition) is 2. The van der Waals surface area contributed by atoms with E-state index in [1.54, 1.807) is 6.07 Å². The van der Waals surface area contributed by atoms with E-state index in [1.807, 2.05) is 39.0 Å². The summed E-state index contributed by atoms with van der Waals surface area (Å²) in [6.45, 7) is 9.30. The molecule has 2 rings (SSSR count). The molecule has 0 aliphatic rings. The lowest BCUT2D eigenvalue weighted by atomic mass is 10.1. The van der Waals surface area contributed by atoms with Gasteiger partial charge in [-0.2, -0.15) is 5.11 Å². The first-order chi connectivity index (χ1) is 11.2. The number of aryl methyl sites for hydroxylation is 1. The first kappa shape index (κ1) is 25.2. The smallest absolute Gasteiger partial charge is 0.152 e. The number of rotatable bonds is 6. The van der Waals surface area contributed by atoms with Crippen LogP contribution in [0.15, 0.2) is 44.4 Å². The molecule has 0 atom stereocenters. The van der Waals surface area contributed by atoms with E-state index in [1.165, 1.54) is 0 Å². The largest absolute Gasteiger partial charge is 0.505 e. The van der Waals surface area contributed by atoms with Crippen molar-refractivity contribution in [2.45, 2.75) is 40.5 Å². The van der Waals surface area contributed by atoms with Crippen LogP contribution in [-0.4, -0.2) is 23.7 Å². The molecule has 0 radical (unpaired) electrons. The molecule has 25 heavy (non-hydrogen) atoms. The predicted octanol–water partition coefficient (Wildman–Crippen LogP) is 6.32. The summed E-state index contributed by atoms with van der Waals surface area (Å²) < 4.78 is 4.42. The Labute approximate surface area is 153 Å². The average Bonchev–Trinajstić information content (AvgIpc) is 2.58. The number of phenolic OH excluding ortho intramolecular Hbond substituents is 1. The fourth-order valence-corrected chi connectivity index (χ4v) is 2.31. The Kier molecular flexibility index (Phi) is 13.4. The highest BCUT2D eigenvalue weighted by molar-refractivity contribution is 7.94. The molecule has 0 unspecified atom stereocenters. The van der Waals surface area contributed by atoms with E-state index in [9.17, 15) is 5.11 Å². The monoisotopic (exact) mass is 369 g/mol. The maximum absolute atomic E-state index is 10.4. The van der Waals surface area contributed by atoms with Crippen molar-refractivity contribution in [3.63, 3.8) is 0 Å². The summed E-state index contributed by atoms with van der Waals surface area (Å²) in [6.07, 6.45) is 0. The lowest BCUT2D eigenvalue weighted by Crippen LogP contribution is -1.84. The second-order valence-corrected chi connectivity index (χ2v) is 4.87. The van der Waals surface area contributed by atoms with Crippen molar-refractivity contribution in [3.8, 4) is 5.75 Å². The molecule has 8 heteroatoms. The number of azo groups is 1. The minimum Gasteiger partial charge on any atom is -0.505 e. The molecule has 0 bridgehead atoms. The van der Waals surface area contributed by atoms with E-state index in [2.05, 4.69) is 31.3 Å². The van der Waals surface area contributed by atoms with E-state index < -0.39 is 0 Å². The standard InChI is InChI=1S/C13H13N3O4S.C2H6.2CH4/c1-8-3-4-9-6-11(21-20-19-18)12(16-15-7-14-2)13(17)10(9)5-8;1-2;;/h3-6,17-18H,2,7H2,1H3;1-2H3;2*1H4. The van der Waals surface area contributed by atoms with Gasteiger partial charge in [-0.1, -0.05) is 51.4 Å². The lowest BCUT2D eigenvalue weighted by Gasteiger charge is -2.09. The van der Waals surface area contributed by atoms with Crippen LogP contribution in [0.2, 0.25) is 0 Å². The van der Waals surface area contributed by atoms with Crippen molar-refractivity contribution < 1.29 is 19.7 Å². The average molecular weight is 369 g/mol. The van der Waals surface area contributed by atoms with Crippen molar-refractivity contribution >= 4 is 35.2 Å². The van der Waals surface area contributed by atoms with Crippen LogP contribution >= 0.6 is 12.0 Å². The van der Waals surface area contributed by atoms with Gasteiger partial charge in [-0.15, -0.1) is 9.45 Å². The van der Waals surface area contributed by atoms with Crippen LogP contribution in [0.5, 0.6) is 5.75 Å². The molecule has 2 aromatic rings. The number of benzene rings is 2. The van der Waals surface area contributed by atoms with E-state index >= 15 is 0 Å². The molecule has 0 aliphatic carbocycles. The van der Waals surface area contributed by atoms with E-state index in [4.69, 9.17) is 5.26 Å². The third kappa shape index (κ3) is 6.79. The molecule has 0 heterocycles. The topological polar surface area (TPSA) is 96.0 Å². The Balaban J connectivity index is 0. The molecule has 7 nitrogen and oxygen atoms in total.